The Kier molecular flexibility index (Phi) is 8.55. The number of amidine groups is 2. The molecule has 0 fully saturated rings. The summed E-state index contributed by atoms with van der Waals surface area (Å²) in [5.74, 6) is 1.01. The Morgan fingerprint density at radius 2 is 1.20 bits per heavy atom. The van der Waals surface area contributed by atoms with Gasteiger partial charge in [0.1, 0.15) is 5.84 Å². The fourth-order valence-electron chi connectivity index (χ4n) is 7.94. The highest BCUT2D eigenvalue weighted by Crippen LogP contribution is 2.47. The molecule has 0 saturated heterocycles. The Hall–Kier alpha value is -7.08. The summed E-state index contributed by atoms with van der Waals surface area (Å²) in [6.07, 6.45) is 0. The van der Waals surface area contributed by atoms with E-state index in [2.05, 4.69) is 144 Å². The first-order valence-electron chi connectivity index (χ1n) is 18.8. The van der Waals surface area contributed by atoms with Gasteiger partial charge in [-0.3, -0.25) is 4.99 Å². The molecule has 0 spiro atoms. The van der Waals surface area contributed by atoms with E-state index in [1.807, 2.05) is 65.9 Å². The lowest BCUT2D eigenvalue weighted by molar-refractivity contribution is 1.06. The number of nitrogens with two attached hydrogens (primary N) is 1. The van der Waals surface area contributed by atoms with Crippen molar-refractivity contribution in [1.82, 2.24) is 4.57 Å². The molecule has 56 heavy (non-hydrogen) atoms. The SMILES string of the molecule is NC(=NC(=NCc1ccccc1)c1cc(-c2ccccc2)ccc1-c1cccc2sc3ccc4c(c5ccccc5n4-c4ccccc4)c3c12)c1ccccc1. The molecule has 0 aliphatic carbocycles. The van der Waals surface area contributed by atoms with Crippen LogP contribution < -0.4 is 5.73 Å². The summed E-state index contributed by atoms with van der Waals surface area (Å²) in [6.45, 7) is 0.460. The molecule has 0 unspecified atom stereocenters. The maximum Gasteiger partial charge on any atom is 0.157 e. The van der Waals surface area contributed by atoms with Crippen molar-refractivity contribution in [3.63, 3.8) is 0 Å². The molecule has 0 bridgehead atoms. The molecule has 0 radical (unpaired) electrons. The van der Waals surface area contributed by atoms with Crippen molar-refractivity contribution in [1.29, 1.82) is 0 Å². The number of benzene rings is 8. The highest BCUT2D eigenvalue weighted by molar-refractivity contribution is 7.26. The number of thiophene rings is 1. The van der Waals surface area contributed by atoms with Crippen molar-refractivity contribution >= 4 is 65.0 Å². The predicted octanol–water partition coefficient (Wildman–Crippen LogP) is 12.8. The lowest BCUT2D eigenvalue weighted by Gasteiger charge is -2.15. The summed E-state index contributed by atoms with van der Waals surface area (Å²) in [7, 11) is 0. The zero-order valence-electron chi connectivity index (χ0n) is 30.5. The number of fused-ring (bicyclic) bond motifs is 7. The van der Waals surface area contributed by atoms with E-state index in [9.17, 15) is 0 Å². The van der Waals surface area contributed by atoms with Gasteiger partial charge in [-0.2, -0.15) is 0 Å². The molecule has 10 aromatic rings. The first kappa shape index (κ1) is 33.5. The van der Waals surface area contributed by atoms with Crippen molar-refractivity contribution in [3.8, 4) is 27.9 Å². The van der Waals surface area contributed by atoms with Crippen LogP contribution in [0.2, 0.25) is 0 Å². The van der Waals surface area contributed by atoms with Crippen LogP contribution in [0.25, 0.3) is 69.9 Å². The number of aromatic nitrogens is 1. The van der Waals surface area contributed by atoms with Crippen LogP contribution in [-0.2, 0) is 6.54 Å². The molecular formula is C51H36N4S. The van der Waals surface area contributed by atoms with Crippen LogP contribution in [0.3, 0.4) is 0 Å². The smallest absolute Gasteiger partial charge is 0.157 e. The summed E-state index contributed by atoms with van der Waals surface area (Å²) in [6, 6.07) is 68.2. The number of rotatable bonds is 7. The summed E-state index contributed by atoms with van der Waals surface area (Å²) >= 11 is 1.84. The lowest BCUT2D eigenvalue weighted by Crippen LogP contribution is -2.17. The maximum atomic E-state index is 6.82. The van der Waals surface area contributed by atoms with E-state index in [4.69, 9.17) is 15.7 Å². The van der Waals surface area contributed by atoms with Gasteiger partial charge in [-0.25, -0.2) is 4.99 Å². The zero-order chi connectivity index (χ0) is 37.4. The molecule has 2 aromatic heterocycles. The van der Waals surface area contributed by atoms with E-state index >= 15 is 0 Å². The molecule has 0 saturated carbocycles. The molecule has 2 heterocycles. The van der Waals surface area contributed by atoms with Crippen LogP contribution >= 0.6 is 11.3 Å². The zero-order valence-corrected chi connectivity index (χ0v) is 31.3. The van der Waals surface area contributed by atoms with E-state index in [0.717, 1.165) is 44.6 Å². The highest BCUT2D eigenvalue weighted by atomic mass is 32.1. The molecule has 10 rings (SSSR count). The number of hydrogen-bond acceptors (Lipinski definition) is 2. The van der Waals surface area contributed by atoms with Gasteiger partial charge in [0.05, 0.1) is 17.6 Å². The Balaban J connectivity index is 1.28. The normalized spacial score (nSPS) is 12.3. The lowest BCUT2D eigenvalue weighted by atomic mass is 9.91. The molecule has 0 atom stereocenters. The monoisotopic (exact) mass is 736 g/mol. The van der Waals surface area contributed by atoms with E-state index in [-0.39, 0.29) is 0 Å². The Morgan fingerprint density at radius 3 is 1.98 bits per heavy atom. The minimum Gasteiger partial charge on any atom is -0.383 e. The maximum absolute atomic E-state index is 6.82. The van der Waals surface area contributed by atoms with Crippen molar-refractivity contribution in [3.05, 3.63) is 211 Å². The van der Waals surface area contributed by atoms with Gasteiger partial charge in [-0.1, -0.05) is 152 Å². The molecule has 0 aliphatic rings. The summed E-state index contributed by atoms with van der Waals surface area (Å²) < 4.78 is 4.88. The fourth-order valence-corrected chi connectivity index (χ4v) is 9.08. The largest absolute Gasteiger partial charge is 0.383 e. The van der Waals surface area contributed by atoms with Crippen LogP contribution in [0, 0.1) is 0 Å². The Morgan fingerprint density at radius 1 is 0.518 bits per heavy atom. The summed E-state index contributed by atoms with van der Waals surface area (Å²) in [5, 5.41) is 4.98. The number of para-hydroxylation sites is 2. The third-order valence-corrected chi connectivity index (χ3v) is 11.6. The van der Waals surface area contributed by atoms with Crippen LogP contribution in [0.15, 0.2) is 204 Å². The molecule has 266 valence electrons. The highest BCUT2D eigenvalue weighted by Gasteiger charge is 2.22. The number of aliphatic imine (C=N–C) groups is 2. The number of nitrogens with zero attached hydrogens (tertiary/aromatic N) is 3. The predicted molar refractivity (Wildman–Crippen MR) is 238 cm³/mol. The van der Waals surface area contributed by atoms with Crippen molar-refractivity contribution in [2.45, 2.75) is 6.54 Å². The average Bonchev–Trinajstić information content (AvgIpc) is 3.82. The molecule has 0 amide bonds. The second-order valence-corrected chi connectivity index (χ2v) is 15.0. The van der Waals surface area contributed by atoms with E-state index < -0.39 is 0 Å². The molecule has 5 heteroatoms. The molecular weight excluding hydrogens is 701 g/mol. The molecule has 4 nitrogen and oxygen atoms in total. The second kappa shape index (κ2) is 14.3. The third-order valence-electron chi connectivity index (χ3n) is 10.5. The van der Waals surface area contributed by atoms with Gasteiger partial charge in [0.15, 0.2) is 5.84 Å². The van der Waals surface area contributed by atoms with Crippen LogP contribution in [0.4, 0.5) is 0 Å². The van der Waals surface area contributed by atoms with Gasteiger partial charge in [0.25, 0.3) is 0 Å². The Bertz CT molecular complexity index is 3090. The fraction of sp³-hybridized carbons (Fsp3) is 0.0196. The van der Waals surface area contributed by atoms with Gasteiger partial charge in [0.2, 0.25) is 0 Å². The van der Waals surface area contributed by atoms with E-state index in [1.54, 1.807) is 0 Å². The van der Waals surface area contributed by atoms with Gasteiger partial charge in [0, 0.05) is 47.8 Å². The van der Waals surface area contributed by atoms with Gasteiger partial charge in [-0.05, 0) is 70.3 Å². The molecule has 8 aromatic carbocycles. The van der Waals surface area contributed by atoms with Crippen LogP contribution in [0.5, 0.6) is 0 Å². The Labute approximate surface area is 329 Å². The molecule has 2 N–H and O–H groups in total. The average molecular weight is 737 g/mol. The van der Waals surface area contributed by atoms with Crippen molar-refractivity contribution in [2.75, 3.05) is 0 Å². The van der Waals surface area contributed by atoms with E-state index in [0.29, 0.717) is 18.2 Å². The van der Waals surface area contributed by atoms with E-state index in [1.165, 1.54) is 42.0 Å². The standard InChI is InChI=1S/C51H36N4S/c52-50(36-20-9-3-10-21-36)54-51(53-33-34-16-5-1-6-17-34)42-32-37(35-18-7-2-8-19-35)28-29-39(42)40-25-15-27-45-48(40)49-46(56-45)31-30-44-47(49)41-24-13-14-26-43(41)55(44)38-22-11-4-12-23-38/h1-32H,33H2,(H2,52,53,54). The second-order valence-electron chi connectivity index (χ2n) is 13.9. The summed E-state index contributed by atoms with van der Waals surface area (Å²) in [4.78, 5) is 10.4. The van der Waals surface area contributed by atoms with Gasteiger partial charge in [-0.15, -0.1) is 11.3 Å². The first-order chi connectivity index (χ1) is 27.7. The van der Waals surface area contributed by atoms with Crippen LogP contribution in [-0.4, -0.2) is 16.2 Å². The van der Waals surface area contributed by atoms with Gasteiger partial charge < -0.3 is 10.3 Å². The third kappa shape index (κ3) is 5.95. The summed E-state index contributed by atoms with van der Waals surface area (Å²) in [5.41, 5.74) is 17.6. The minimum absolute atomic E-state index is 0.420. The van der Waals surface area contributed by atoms with Crippen molar-refractivity contribution < 1.29 is 0 Å². The van der Waals surface area contributed by atoms with Gasteiger partial charge >= 0.3 is 0 Å². The van der Waals surface area contributed by atoms with Crippen LogP contribution in [0.1, 0.15) is 16.7 Å². The quantitative estimate of drug-likeness (QED) is 0.129. The molecule has 0 aliphatic heterocycles. The number of hydrogen-bond donors (Lipinski definition) is 1. The minimum atomic E-state index is 0.420. The van der Waals surface area contributed by atoms with Crippen molar-refractivity contribution in [2.24, 2.45) is 15.7 Å². The topological polar surface area (TPSA) is 55.7 Å². The first-order valence-corrected chi connectivity index (χ1v) is 19.6.